The number of benzene rings is 5. The van der Waals surface area contributed by atoms with E-state index in [4.69, 9.17) is 5.73 Å². The summed E-state index contributed by atoms with van der Waals surface area (Å²) in [6, 6.07) is 43.4. The van der Waals surface area contributed by atoms with Crippen LogP contribution in [0, 0.1) is 0 Å². The van der Waals surface area contributed by atoms with Crippen molar-refractivity contribution in [2.45, 2.75) is 32.1 Å². The predicted octanol–water partition coefficient (Wildman–Crippen LogP) is 9.49. The molecule has 5 aromatic rings. The van der Waals surface area contributed by atoms with Crippen molar-refractivity contribution in [2.24, 2.45) is 0 Å². The van der Waals surface area contributed by atoms with Gasteiger partial charge in [0.2, 0.25) is 0 Å². The Balaban J connectivity index is 1.51. The minimum atomic E-state index is 0.0283. The van der Waals surface area contributed by atoms with Gasteiger partial charge in [-0.15, -0.1) is 0 Å². The normalized spacial score (nSPS) is 13.1. The van der Waals surface area contributed by atoms with Crippen molar-refractivity contribution in [2.75, 3.05) is 10.6 Å². The largest absolute Gasteiger partial charge is 0.399 e. The van der Waals surface area contributed by atoms with E-state index in [1.54, 1.807) is 0 Å². The van der Waals surface area contributed by atoms with Crippen molar-refractivity contribution < 1.29 is 0 Å². The second-order valence-corrected chi connectivity index (χ2v) is 9.91. The van der Waals surface area contributed by atoms with Crippen molar-refractivity contribution in [1.82, 2.24) is 0 Å². The van der Waals surface area contributed by atoms with Crippen LogP contribution in [0.15, 0.2) is 121 Å². The van der Waals surface area contributed by atoms with E-state index in [9.17, 15) is 0 Å². The van der Waals surface area contributed by atoms with Crippen LogP contribution in [-0.2, 0) is 5.41 Å². The lowest BCUT2D eigenvalue weighted by Gasteiger charge is -2.31. The standard InChI is InChI=1S/C35H32N2/c1-3-35(4-2)33-16-9-8-15-31(33)32-22-21-30(24-34(32)35)37(29-14-10-13-27(36)23-29)28-19-17-26(18-20-28)25-11-6-5-7-12-25/h5-24H,3-4,36H2,1-2H3. The highest BCUT2D eigenvalue weighted by atomic mass is 15.1. The summed E-state index contributed by atoms with van der Waals surface area (Å²) in [6.45, 7) is 4.64. The highest BCUT2D eigenvalue weighted by molar-refractivity contribution is 5.86. The topological polar surface area (TPSA) is 29.3 Å². The van der Waals surface area contributed by atoms with Gasteiger partial charge in [0.1, 0.15) is 0 Å². The van der Waals surface area contributed by atoms with Crippen molar-refractivity contribution in [3.63, 3.8) is 0 Å². The van der Waals surface area contributed by atoms with E-state index in [0.29, 0.717) is 0 Å². The summed E-state index contributed by atoms with van der Waals surface area (Å²) in [4.78, 5) is 2.32. The number of rotatable bonds is 6. The van der Waals surface area contributed by atoms with Crippen LogP contribution in [0.4, 0.5) is 22.7 Å². The zero-order chi connectivity index (χ0) is 25.4. The van der Waals surface area contributed by atoms with Crippen molar-refractivity contribution in [1.29, 1.82) is 0 Å². The Kier molecular flexibility index (Phi) is 5.81. The third-order valence-corrected chi connectivity index (χ3v) is 8.08. The van der Waals surface area contributed by atoms with Gasteiger partial charge in [0, 0.05) is 28.2 Å². The van der Waals surface area contributed by atoms with Crippen LogP contribution in [0.2, 0.25) is 0 Å². The first kappa shape index (κ1) is 23.1. The molecule has 0 heterocycles. The van der Waals surface area contributed by atoms with E-state index in [1.165, 1.54) is 33.4 Å². The maximum Gasteiger partial charge on any atom is 0.0482 e. The fraction of sp³-hybridized carbons (Fsp3) is 0.143. The Morgan fingerprint density at radius 1 is 0.541 bits per heavy atom. The number of nitrogens with zero attached hydrogens (tertiary/aromatic N) is 1. The molecular weight excluding hydrogens is 448 g/mol. The fourth-order valence-corrected chi connectivity index (χ4v) is 6.14. The lowest BCUT2D eigenvalue weighted by Crippen LogP contribution is -2.23. The Morgan fingerprint density at radius 3 is 1.89 bits per heavy atom. The minimum absolute atomic E-state index is 0.0283. The van der Waals surface area contributed by atoms with Gasteiger partial charge in [-0.1, -0.05) is 92.7 Å². The van der Waals surface area contributed by atoms with Crippen LogP contribution in [0.25, 0.3) is 22.3 Å². The third-order valence-electron chi connectivity index (χ3n) is 8.08. The maximum atomic E-state index is 6.26. The molecule has 0 bridgehead atoms. The average Bonchev–Trinajstić information content (AvgIpc) is 3.23. The zero-order valence-electron chi connectivity index (χ0n) is 21.5. The van der Waals surface area contributed by atoms with E-state index in [2.05, 4.69) is 128 Å². The number of fused-ring (bicyclic) bond motifs is 3. The first-order valence-corrected chi connectivity index (χ1v) is 13.2. The Hall–Kier alpha value is -4.30. The van der Waals surface area contributed by atoms with E-state index in [1.807, 2.05) is 12.1 Å². The third kappa shape index (κ3) is 3.81. The van der Waals surface area contributed by atoms with Gasteiger partial charge in [-0.25, -0.2) is 0 Å². The summed E-state index contributed by atoms with van der Waals surface area (Å²) in [5.41, 5.74) is 18.4. The summed E-state index contributed by atoms with van der Waals surface area (Å²) < 4.78 is 0. The van der Waals surface area contributed by atoms with Gasteiger partial charge >= 0.3 is 0 Å². The van der Waals surface area contributed by atoms with Crippen molar-refractivity contribution in [3.05, 3.63) is 132 Å². The van der Waals surface area contributed by atoms with Crippen LogP contribution in [-0.4, -0.2) is 0 Å². The molecule has 0 fully saturated rings. The molecule has 37 heavy (non-hydrogen) atoms. The minimum Gasteiger partial charge on any atom is -0.399 e. The van der Waals surface area contributed by atoms with Gasteiger partial charge in [0.05, 0.1) is 0 Å². The molecule has 2 N–H and O–H groups in total. The molecule has 0 spiro atoms. The molecule has 0 amide bonds. The SMILES string of the molecule is CCC1(CC)c2ccccc2-c2ccc(N(c3ccc(-c4ccccc4)cc3)c3cccc(N)c3)cc21. The molecular formula is C35H32N2. The van der Waals surface area contributed by atoms with Crippen LogP contribution in [0.1, 0.15) is 37.8 Å². The molecule has 2 nitrogen and oxygen atoms in total. The highest BCUT2D eigenvalue weighted by Crippen LogP contribution is 2.54. The molecule has 0 aliphatic heterocycles. The average molecular weight is 481 g/mol. The summed E-state index contributed by atoms with van der Waals surface area (Å²) in [7, 11) is 0. The van der Waals surface area contributed by atoms with Crippen LogP contribution in [0.3, 0.4) is 0 Å². The molecule has 1 aliphatic rings. The van der Waals surface area contributed by atoms with Gasteiger partial charge in [-0.05, 0) is 88.7 Å². The molecule has 182 valence electrons. The molecule has 0 radical (unpaired) electrons. The molecule has 0 unspecified atom stereocenters. The second-order valence-electron chi connectivity index (χ2n) is 9.91. The molecule has 0 saturated heterocycles. The van der Waals surface area contributed by atoms with Gasteiger partial charge in [-0.3, -0.25) is 0 Å². The Morgan fingerprint density at radius 2 is 1.16 bits per heavy atom. The van der Waals surface area contributed by atoms with Gasteiger partial charge in [0.15, 0.2) is 0 Å². The fourth-order valence-electron chi connectivity index (χ4n) is 6.14. The molecule has 1 aliphatic carbocycles. The van der Waals surface area contributed by atoms with Crippen LogP contribution in [0.5, 0.6) is 0 Å². The molecule has 5 aromatic carbocycles. The number of nitrogen functional groups attached to an aromatic ring is 1. The summed E-state index contributed by atoms with van der Waals surface area (Å²) in [6.07, 6.45) is 2.14. The summed E-state index contributed by atoms with van der Waals surface area (Å²) in [5, 5.41) is 0. The number of anilines is 4. The lowest BCUT2D eigenvalue weighted by atomic mass is 9.74. The Labute approximate surface area is 220 Å². The van der Waals surface area contributed by atoms with E-state index >= 15 is 0 Å². The monoisotopic (exact) mass is 480 g/mol. The smallest absolute Gasteiger partial charge is 0.0482 e. The predicted molar refractivity (Wildman–Crippen MR) is 158 cm³/mol. The van der Waals surface area contributed by atoms with Crippen molar-refractivity contribution >= 4 is 22.7 Å². The zero-order valence-corrected chi connectivity index (χ0v) is 21.5. The molecule has 2 heteroatoms. The first-order chi connectivity index (χ1) is 18.1. The number of hydrogen-bond acceptors (Lipinski definition) is 2. The van der Waals surface area contributed by atoms with E-state index in [-0.39, 0.29) is 5.41 Å². The van der Waals surface area contributed by atoms with Gasteiger partial charge < -0.3 is 10.6 Å². The number of hydrogen-bond donors (Lipinski definition) is 1. The van der Waals surface area contributed by atoms with Crippen LogP contribution < -0.4 is 10.6 Å². The quantitative estimate of drug-likeness (QED) is 0.245. The first-order valence-electron chi connectivity index (χ1n) is 13.2. The van der Waals surface area contributed by atoms with E-state index in [0.717, 1.165) is 35.6 Å². The second kappa shape index (κ2) is 9.29. The Bertz CT molecular complexity index is 1550. The number of nitrogens with two attached hydrogens (primary N) is 1. The van der Waals surface area contributed by atoms with Gasteiger partial charge in [-0.2, -0.15) is 0 Å². The lowest BCUT2D eigenvalue weighted by molar-refractivity contribution is 0.490. The maximum absolute atomic E-state index is 6.26. The summed E-state index contributed by atoms with van der Waals surface area (Å²) >= 11 is 0. The highest BCUT2D eigenvalue weighted by Gasteiger charge is 2.40. The molecule has 0 atom stereocenters. The van der Waals surface area contributed by atoms with Crippen molar-refractivity contribution in [3.8, 4) is 22.3 Å². The van der Waals surface area contributed by atoms with E-state index < -0.39 is 0 Å². The van der Waals surface area contributed by atoms with Crippen LogP contribution >= 0.6 is 0 Å². The summed E-state index contributed by atoms with van der Waals surface area (Å²) in [5.74, 6) is 0. The van der Waals surface area contributed by atoms with Gasteiger partial charge in [0.25, 0.3) is 0 Å². The molecule has 0 saturated carbocycles. The molecule has 0 aromatic heterocycles. The molecule has 6 rings (SSSR count).